The molecule has 0 saturated heterocycles. The summed E-state index contributed by atoms with van der Waals surface area (Å²) in [5, 5.41) is 8.12. The number of nitrogens with zero attached hydrogens (tertiary/aromatic N) is 6. The molecule has 0 fully saturated rings. The van der Waals surface area contributed by atoms with Crippen LogP contribution in [-0.4, -0.2) is 24.7 Å². The molecule has 0 radical (unpaired) electrons. The summed E-state index contributed by atoms with van der Waals surface area (Å²) in [6.45, 7) is 1.74. The van der Waals surface area contributed by atoms with Crippen molar-refractivity contribution in [2.24, 2.45) is 5.18 Å². The topological polar surface area (TPSA) is 147 Å². The Kier molecular flexibility index (Phi) is 5.49. The van der Waals surface area contributed by atoms with E-state index in [2.05, 4.69) is 20.2 Å². The predicted octanol–water partition coefficient (Wildman–Crippen LogP) is 4.47. The Balaban J connectivity index is 1.70. The molecule has 5 rings (SSSR count). The number of pyridine rings is 1. The van der Waals surface area contributed by atoms with Gasteiger partial charge in [0.05, 0.1) is 16.9 Å². The number of anilines is 2. The summed E-state index contributed by atoms with van der Waals surface area (Å²) >= 11 is 0. The second kappa shape index (κ2) is 8.78. The lowest BCUT2D eigenvalue weighted by Gasteiger charge is -2.12. The lowest BCUT2D eigenvalue weighted by atomic mass is 10.1. The van der Waals surface area contributed by atoms with Crippen LogP contribution in [0.25, 0.3) is 28.1 Å². The first-order valence-electron chi connectivity index (χ1n) is 10.5. The molecular formula is C24H19FN8O2. The van der Waals surface area contributed by atoms with Gasteiger partial charge in [0.1, 0.15) is 12.4 Å². The van der Waals surface area contributed by atoms with Crippen LogP contribution in [0.4, 0.5) is 21.7 Å². The molecule has 0 bridgehead atoms. The van der Waals surface area contributed by atoms with Crippen LogP contribution >= 0.6 is 0 Å². The van der Waals surface area contributed by atoms with E-state index in [1.807, 2.05) is 37.3 Å². The summed E-state index contributed by atoms with van der Waals surface area (Å²) < 4.78 is 21.9. The molecule has 3 heterocycles. The van der Waals surface area contributed by atoms with Gasteiger partial charge in [-0.25, -0.2) is 19.0 Å². The molecule has 174 valence electrons. The third-order valence-electron chi connectivity index (χ3n) is 5.40. The van der Waals surface area contributed by atoms with Crippen molar-refractivity contribution in [1.29, 1.82) is 0 Å². The van der Waals surface area contributed by atoms with E-state index in [-0.39, 0.29) is 35.6 Å². The van der Waals surface area contributed by atoms with Gasteiger partial charge in [0.15, 0.2) is 28.8 Å². The van der Waals surface area contributed by atoms with Gasteiger partial charge >= 0.3 is 0 Å². The van der Waals surface area contributed by atoms with Crippen molar-refractivity contribution in [2.45, 2.75) is 13.5 Å². The number of hydrogen-bond acceptors (Lipinski definition) is 9. The first-order chi connectivity index (χ1) is 17.0. The molecule has 0 amide bonds. The standard InChI is InChI=1S/C24H19FN8O2/c1-13-16-11-17(22-28-20(26)19(32-34)21(27)29-22)24(35-12-14-7-5-6-10-18(14)25)30-23(16)33(31-13)15-8-3-2-4-9-15/h2-11H,12H2,1H3,(H4,26,27,28,29). The number of rotatable bonds is 6. The van der Waals surface area contributed by atoms with Crippen LogP contribution in [0.5, 0.6) is 5.88 Å². The van der Waals surface area contributed by atoms with Gasteiger partial charge < -0.3 is 16.2 Å². The Morgan fingerprint density at radius 3 is 2.37 bits per heavy atom. The van der Waals surface area contributed by atoms with E-state index in [1.165, 1.54) is 6.07 Å². The number of aryl methyl sites for hydroxylation is 1. The molecule has 0 saturated carbocycles. The van der Waals surface area contributed by atoms with E-state index < -0.39 is 5.82 Å². The highest BCUT2D eigenvalue weighted by molar-refractivity contribution is 5.87. The van der Waals surface area contributed by atoms with Crippen LogP contribution in [0.15, 0.2) is 65.8 Å². The van der Waals surface area contributed by atoms with Gasteiger partial charge in [-0.05, 0) is 36.4 Å². The highest BCUT2D eigenvalue weighted by Gasteiger charge is 2.21. The second-order valence-electron chi connectivity index (χ2n) is 7.68. The molecular weight excluding hydrogens is 451 g/mol. The Morgan fingerprint density at radius 2 is 1.69 bits per heavy atom. The van der Waals surface area contributed by atoms with Crippen molar-refractivity contribution in [3.8, 4) is 23.0 Å². The monoisotopic (exact) mass is 470 g/mol. The van der Waals surface area contributed by atoms with Crippen molar-refractivity contribution in [1.82, 2.24) is 24.7 Å². The number of hydrogen-bond donors (Lipinski definition) is 2. The summed E-state index contributed by atoms with van der Waals surface area (Å²) in [7, 11) is 0. The van der Waals surface area contributed by atoms with Gasteiger partial charge in [0.25, 0.3) is 0 Å². The third kappa shape index (κ3) is 3.99. The summed E-state index contributed by atoms with van der Waals surface area (Å²) in [6.07, 6.45) is 0. The zero-order valence-electron chi connectivity index (χ0n) is 18.5. The Labute approximate surface area is 198 Å². The van der Waals surface area contributed by atoms with E-state index in [0.29, 0.717) is 27.9 Å². The van der Waals surface area contributed by atoms with Gasteiger partial charge in [0, 0.05) is 10.9 Å². The molecule has 5 aromatic rings. The minimum Gasteiger partial charge on any atom is -0.472 e. The Hall–Kier alpha value is -4.93. The molecule has 4 N–H and O–H groups in total. The molecule has 11 heteroatoms. The zero-order chi connectivity index (χ0) is 24.5. The Morgan fingerprint density at radius 1 is 1.00 bits per heavy atom. The number of ether oxygens (including phenoxy) is 1. The largest absolute Gasteiger partial charge is 0.472 e. The number of aromatic nitrogens is 5. The van der Waals surface area contributed by atoms with E-state index in [9.17, 15) is 9.30 Å². The molecule has 0 aliphatic rings. The van der Waals surface area contributed by atoms with Crippen molar-refractivity contribution < 1.29 is 9.13 Å². The predicted molar refractivity (Wildman–Crippen MR) is 130 cm³/mol. The van der Waals surface area contributed by atoms with Crippen LogP contribution in [0, 0.1) is 17.6 Å². The maximum absolute atomic E-state index is 14.2. The number of nitroso groups, excluding NO2 is 1. The number of nitrogen functional groups attached to an aromatic ring is 2. The molecule has 3 aromatic heterocycles. The minimum atomic E-state index is -0.411. The van der Waals surface area contributed by atoms with Crippen molar-refractivity contribution in [2.75, 3.05) is 11.5 Å². The fourth-order valence-electron chi connectivity index (χ4n) is 3.65. The Bertz CT molecular complexity index is 1550. The van der Waals surface area contributed by atoms with E-state index in [4.69, 9.17) is 21.2 Å². The fraction of sp³-hybridized carbons (Fsp3) is 0.0833. The van der Waals surface area contributed by atoms with Crippen molar-refractivity contribution in [3.63, 3.8) is 0 Å². The van der Waals surface area contributed by atoms with Crippen LogP contribution in [-0.2, 0) is 6.61 Å². The normalized spacial score (nSPS) is 11.0. The molecule has 10 nitrogen and oxygen atoms in total. The average Bonchev–Trinajstić information content (AvgIpc) is 3.18. The molecule has 0 atom stereocenters. The second-order valence-corrected chi connectivity index (χ2v) is 7.68. The minimum absolute atomic E-state index is 0.0807. The van der Waals surface area contributed by atoms with Gasteiger partial charge in [-0.3, -0.25) is 0 Å². The summed E-state index contributed by atoms with van der Waals surface area (Å²) in [5.74, 6) is -0.578. The van der Waals surface area contributed by atoms with Crippen molar-refractivity contribution >= 4 is 28.4 Å². The molecule has 0 spiro atoms. The summed E-state index contributed by atoms with van der Waals surface area (Å²) in [6, 6.07) is 17.5. The number of halogens is 1. The highest BCUT2D eigenvalue weighted by Crippen LogP contribution is 2.35. The average molecular weight is 470 g/mol. The van der Waals surface area contributed by atoms with Crippen molar-refractivity contribution in [3.05, 3.63) is 82.6 Å². The summed E-state index contributed by atoms with van der Waals surface area (Å²) in [4.78, 5) is 24.1. The third-order valence-corrected chi connectivity index (χ3v) is 5.40. The smallest absolute Gasteiger partial charge is 0.227 e. The molecule has 2 aromatic carbocycles. The lowest BCUT2D eigenvalue weighted by molar-refractivity contribution is 0.290. The van der Waals surface area contributed by atoms with E-state index in [1.54, 1.807) is 28.9 Å². The molecule has 35 heavy (non-hydrogen) atoms. The zero-order valence-corrected chi connectivity index (χ0v) is 18.5. The van der Waals surface area contributed by atoms with E-state index >= 15 is 0 Å². The number of benzene rings is 2. The maximum Gasteiger partial charge on any atom is 0.227 e. The maximum atomic E-state index is 14.2. The number of fused-ring (bicyclic) bond motifs is 1. The van der Waals surface area contributed by atoms with Crippen LogP contribution in [0.2, 0.25) is 0 Å². The first kappa shape index (κ1) is 21.9. The van der Waals surface area contributed by atoms with Gasteiger partial charge in [0.2, 0.25) is 5.88 Å². The lowest BCUT2D eigenvalue weighted by Crippen LogP contribution is -2.06. The number of nitrogens with two attached hydrogens (primary N) is 2. The summed E-state index contributed by atoms with van der Waals surface area (Å²) in [5.41, 5.74) is 14.2. The van der Waals surface area contributed by atoms with Gasteiger partial charge in [-0.15, -0.1) is 4.91 Å². The van der Waals surface area contributed by atoms with Crippen LogP contribution in [0.3, 0.4) is 0 Å². The molecule has 0 aliphatic carbocycles. The SMILES string of the molecule is Cc1nn(-c2ccccc2)c2nc(OCc3ccccc3F)c(-c3nc(N)c(N=O)c(N)n3)cc12. The van der Waals surface area contributed by atoms with Crippen LogP contribution < -0.4 is 16.2 Å². The van der Waals surface area contributed by atoms with Gasteiger partial charge in [-0.2, -0.15) is 10.1 Å². The van der Waals surface area contributed by atoms with Crippen LogP contribution in [0.1, 0.15) is 11.3 Å². The highest BCUT2D eigenvalue weighted by atomic mass is 19.1. The fourth-order valence-corrected chi connectivity index (χ4v) is 3.65. The molecule has 0 aliphatic heterocycles. The van der Waals surface area contributed by atoms with E-state index in [0.717, 1.165) is 5.69 Å². The first-order valence-corrected chi connectivity index (χ1v) is 10.5. The van der Waals surface area contributed by atoms with Gasteiger partial charge in [-0.1, -0.05) is 36.4 Å². The quantitative estimate of drug-likeness (QED) is 0.346. The number of para-hydroxylation sites is 1. The molecule has 0 unspecified atom stereocenters.